The van der Waals surface area contributed by atoms with E-state index >= 15 is 0 Å². The van der Waals surface area contributed by atoms with Gasteiger partial charge in [0.1, 0.15) is 11.3 Å². The van der Waals surface area contributed by atoms with Crippen LogP contribution in [0.1, 0.15) is 53.3 Å². The Hall–Kier alpha value is -2.15. The van der Waals surface area contributed by atoms with Crippen LogP contribution in [-0.4, -0.2) is 45.9 Å². The number of hydrogen-bond acceptors (Lipinski definition) is 5. The predicted molar refractivity (Wildman–Crippen MR) is 78.5 cm³/mol. The summed E-state index contributed by atoms with van der Waals surface area (Å²) in [7, 11) is 0. The van der Waals surface area contributed by atoms with Crippen molar-refractivity contribution in [1.82, 2.24) is 20.3 Å². The number of amides is 1. The molecule has 1 saturated heterocycles. The van der Waals surface area contributed by atoms with Gasteiger partial charge in [-0.05, 0) is 18.9 Å². The molecule has 0 bridgehead atoms. The number of aryl methyl sites for hydroxylation is 1. The molecule has 0 aliphatic carbocycles. The Kier molecular flexibility index (Phi) is 3.98. The fourth-order valence-corrected chi connectivity index (χ4v) is 2.74. The van der Waals surface area contributed by atoms with Crippen molar-refractivity contribution in [3.63, 3.8) is 0 Å². The second-order valence-corrected chi connectivity index (χ2v) is 5.75. The minimum Gasteiger partial charge on any atom is -0.377 e. The molecule has 1 atom stereocenters. The Morgan fingerprint density at radius 3 is 3.00 bits per heavy atom. The molecule has 0 saturated carbocycles. The van der Waals surface area contributed by atoms with Crippen molar-refractivity contribution in [2.75, 3.05) is 19.8 Å². The molecule has 118 valence electrons. The average Bonchev–Trinajstić information content (AvgIpc) is 3.16. The van der Waals surface area contributed by atoms with Gasteiger partial charge in [-0.25, -0.2) is 0 Å². The van der Waals surface area contributed by atoms with Crippen LogP contribution in [0.15, 0.2) is 16.8 Å². The monoisotopic (exact) mass is 304 g/mol. The zero-order valence-corrected chi connectivity index (χ0v) is 13.0. The number of nitrogens with zero attached hydrogens (tertiary/aromatic N) is 3. The van der Waals surface area contributed by atoms with Gasteiger partial charge in [0.25, 0.3) is 5.91 Å². The first kappa shape index (κ1) is 14.8. The van der Waals surface area contributed by atoms with E-state index in [2.05, 4.69) is 15.4 Å². The maximum absolute atomic E-state index is 13.0. The molecule has 1 unspecified atom stereocenters. The van der Waals surface area contributed by atoms with Crippen LogP contribution >= 0.6 is 0 Å². The minimum atomic E-state index is -0.168. The van der Waals surface area contributed by atoms with E-state index in [4.69, 9.17) is 9.26 Å². The van der Waals surface area contributed by atoms with Gasteiger partial charge in [0, 0.05) is 12.7 Å². The lowest BCUT2D eigenvalue weighted by molar-refractivity contribution is -0.00406. The number of carbonyl (C=O) groups excluding carboxylic acids is 1. The molecule has 1 aliphatic rings. The first-order valence-electron chi connectivity index (χ1n) is 7.43. The molecular formula is C15H20N4O3. The standard InChI is InChI=1S/C15H20N4O3/c1-9(2)14-13(10(3)22-18-14)15(20)19-6-7-21-8-12(19)11-4-5-16-17-11/h4-5,9,12H,6-8H2,1-3H3,(H,16,17). The van der Waals surface area contributed by atoms with Gasteiger partial charge in [-0.15, -0.1) is 0 Å². The molecule has 1 fully saturated rings. The molecule has 0 spiro atoms. The van der Waals surface area contributed by atoms with Crippen molar-refractivity contribution in [2.45, 2.75) is 32.7 Å². The van der Waals surface area contributed by atoms with Gasteiger partial charge in [-0.3, -0.25) is 9.89 Å². The van der Waals surface area contributed by atoms with Crippen molar-refractivity contribution < 1.29 is 14.1 Å². The number of nitrogens with one attached hydrogen (secondary N) is 1. The number of aromatic nitrogens is 3. The van der Waals surface area contributed by atoms with Crippen molar-refractivity contribution >= 4 is 5.91 Å². The summed E-state index contributed by atoms with van der Waals surface area (Å²) in [5, 5.41) is 10.9. The lowest BCUT2D eigenvalue weighted by Gasteiger charge is -2.35. The van der Waals surface area contributed by atoms with Crippen LogP contribution in [0.25, 0.3) is 0 Å². The number of carbonyl (C=O) groups is 1. The Morgan fingerprint density at radius 1 is 1.50 bits per heavy atom. The van der Waals surface area contributed by atoms with Crippen LogP contribution in [0.5, 0.6) is 0 Å². The highest BCUT2D eigenvalue weighted by Gasteiger charge is 2.34. The highest BCUT2D eigenvalue weighted by molar-refractivity contribution is 5.96. The van der Waals surface area contributed by atoms with E-state index in [1.54, 1.807) is 13.1 Å². The predicted octanol–water partition coefficient (Wildman–Crippen LogP) is 2.04. The third-order valence-electron chi connectivity index (χ3n) is 3.92. The molecule has 7 nitrogen and oxygen atoms in total. The first-order chi connectivity index (χ1) is 10.6. The van der Waals surface area contributed by atoms with Gasteiger partial charge < -0.3 is 14.2 Å². The molecule has 0 aromatic carbocycles. The largest absolute Gasteiger partial charge is 0.377 e. The molecule has 1 N–H and O–H groups in total. The fourth-order valence-electron chi connectivity index (χ4n) is 2.74. The zero-order valence-electron chi connectivity index (χ0n) is 13.0. The van der Waals surface area contributed by atoms with Crippen LogP contribution < -0.4 is 0 Å². The van der Waals surface area contributed by atoms with Gasteiger partial charge in [-0.1, -0.05) is 19.0 Å². The van der Waals surface area contributed by atoms with Gasteiger partial charge in [0.2, 0.25) is 0 Å². The van der Waals surface area contributed by atoms with Gasteiger partial charge in [0.15, 0.2) is 0 Å². The lowest BCUT2D eigenvalue weighted by atomic mass is 10.0. The van der Waals surface area contributed by atoms with E-state index in [0.29, 0.717) is 36.8 Å². The number of hydrogen-bond donors (Lipinski definition) is 1. The second kappa shape index (κ2) is 5.92. The second-order valence-electron chi connectivity index (χ2n) is 5.75. The van der Waals surface area contributed by atoms with E-state index in [1.165, 1.54) is 0 Å². The van der Waals surface area contributed by atoms with E-state index in [0.717, 1.165) is 5.69 Å². The van der Waals surface area contributed by atoms with Crippen molar-refractivity contribution in [3.05, 3.63) is 35.0 Å². The van der Waals surface area contributed by atoms with Crippen LogP contribution in [0.4, 0.5) is 0 Å². The van der Waals surface area contributed by atoms with Gasteiger partial charge >= 0.3 is 0 Å². The maximum atomic E-state index is 13.0. The minimum absolute atomic E-state index is 0.0645. The quantitative estimate of drug-likeness (QED) is 0.938. The highest BCUT2D eigenvalue weighted by atomic mass is 16.5. The molecule has 2 aromatic rings. The summed E-state index contributed by atoms with van der Waals surface area (Å²) in [5.74, 6) is 0.622. The topological polar surface area (TPSA) is 84.2 Å². The molecule has 3 heterocycles. The molecular weight excluding hydrogens is 284 g/mol. The van der Waals surface area contributed by atoms with Crippen LogP contribution in [0.3, 0.4) is 0 Å². The highest BCUT2D eigenvalue weighted by Crippen LogP contribution is 2.28. The molecule has 1 amide bonds. The summed E-state index contributed by atoms with van der Waals surface area (Å²) in [6.07, 6.45) is 1.68. The third-order valence-corrected chi connectivity index (χ3v) is 3.92. The Labute approximate surface area is 128 Å². The van der Waals surface area contributed by atoms with E-state index in [-0.39, 0.29) is 17.9 Å². The van der Waals surface area contributed by atoms with E-state index in [1.807, 2.05) is 24.8 Å². The molecule has 2 aromatic heterocycles. The number of ether oxygens (including phenoxy) is 1. The summed E-state index contributed by atoms with van der Waals surface area (Å²) < 4.78 is 10.8. The molecule has 0 radical (unpaired) electrons. The Bertz CT molecular complexity index is 648. The third kappa shape index (κ3) is 2.52. The Morgan fingerprint density at radius 2 is 2.32 bits per heavy atom. The molecule has 1 aliphatic heterocycles. The SMILES string of the molecule is Cc1onc(C(C)C)c1C(=O)N1CCOCC1c1ccn[nH]1. The van der Waals surface area contributed by atoms with Gasteiger partial charge in [0.05, 0.1) is 30.6 Å². The number of H-pyrrole nitrogens is 1. The summed E-state index contributed by atoms with van der Waals surface area (Å²) in [6, 6.07) is 1.70. The zero-order chi connectivity index (χ0) is 15.7. The molecule has 3 rings (SSSR count). The maximum Gasteiger partial charge on any atom is 0.260 e. The fraction of sp³-hybridized carbons (Fsp3) is 0.533. The average molecular weight is 304 g/mol. The summed E-state index contributed by atoms with van der Waals surface area (Å²) >= 11 is 0. The van der Waals surface area contributed by atoms with Crippen molar-refractivity contribution in [3.8, 4) is 0 Å². The van der Waals surface area contributed by atoms with Crippen molar-refractivity contribution in [2.24, 2.45) is 0 Å². The summed E-state index contributed by atoms with van der Waals surface area (Å²) in [4.78, 5) is 14.9. The normalized spacial score (nSPS) is 18.9. The van der Waals surface area contributed by atoms with Crippen LogP contribution in [-0.2, 0) is 4.74 Å². The van der Waals surface area contributed by atoms with Gasteiger partial charge in [-0.2, -0.15) is 5.10 Å². The number of morpholine rings is 1. The Balaban J connectivity index is 1.94. The smallest absolute Gasteiger partial charge is 0.260 e. The first-order valence-corrected chi connectivity index (χ1v) is 7.43. The molecule has 22 heavy (non-hydrogen) atoms. The number of rotatable bonds is 3. The van der Waals surface area contributed by atoms with Crippen LogP contribution in [0, 0.1) is 6.92 Å². The van der Waals surface area contributed by atoms with Crippen molar-refractivity contribution in [1.29, 1.82) is 0 Å². The van der Waals surface area contributed by atoms with Crippen LogP contribution in [0.2, 0.25) is 0 Å². The summed E-state index contributed by atoms with van der Waals surface area (Å²) in [6.45, 7) is 7.29. The van der Waals surface area contributed by atoms with E-state index in [9.17, 15) is 4.79 Å². The lowest BCUT2D eigenvalue weighted by Crippen LogP contribution is -2.44. The van der Waals surface area contributed by atoms with E-state index < -0.39 is 0 Å². The molecule has 7 heteroatoms. The number of aromatic amines is 1. The summed E-state index contributed by atoms with van der Waals surface area (Å²) in [5.41, 5.74) is 2.15.